The van der Waals surface area contributed by atoms with Crippen LogP contribution in [0.2, 0.25) is 0 Å². The Morgan fingerprint density at radius 1 is 1.43 bits per heavy atom. The van der Waals surface area contributed by atoms with Crippen LogP contribution in [0.15, 0.2) is 22.0 Å². The number of halogens is 2. The van der Waals surface area contributed by atoms with Crippen molar-refractivity contribution < 1.29 is 4.79 Å². The first kappa shape index (κ1) is 10.3. The molecule has 1 aromatic heterocycles. The zero-order valence-electron chi connectivity index (χ0n) is 7.09. The fourth-order valence-electron chi connectivity index (χ4n) is 1.37. The molecule has 1 aromatic carbocycles. The molecule has 0 bridgehead atoms. The maximum atomic E-state index is 10.8. The Hall–Kier alpha value is -0.190. The van der Waals surface area contributed by atoms with E-state index in [9.17, 15) is 4.79 Å². The van der Waals surface area contributed by atoms with Crippen LogP contribution in [0, 0.1) is 0 Å². The smallest absolute Gasteiger partial charge is 0.151 e. The Morgan fingerprint density at radius 3 is 2.86 bits per heavy atom. The maximum Gasteiger partial charge on any atom is 0.151 e. The van der Waals surface area contributed by atoms with Crippen molar-refractivity contribution in [2.24, 2.45) is 0 Å². The number of thiophene rings is 1. The van der Waals surface area contributed by atoms with Gasteiger partial charge in [-0.25, -0.2) is 0 Å². The number of fused-ring (bicyclic) bond motifs is 1. The number of alkyl halides is 1. The second-order valence-corrected chi connectivity index (χ2v) is 5.24. The number of rotatable bonds is 2. The molecule has 0 aliphatic rings. The molecule has 0 aliphatic heterocycles. The van der Waals surface area contributed by atoms with Crippen molar-refractivity contribution in [3.63, 3.8) is 0 Å². The summed E-state index contributed by atoms with van der Waals surface area (Å²) in [5.74, 6) is 0. The summed E-state index contributed by atoms with van der Waals surface area (Å²) in [6.07, 6.45) is 0.904. The average Bonchev–Trinajstić information content (AvgIpc) is 2.59. The van der Waals surface area contributed by atoms with Crippen molar-refractivity contribution in [3.05, 3.63) is 33.1 Å². The minimum Gasteiger partial charge on any atom is -0.298 e. The van der Waals surface area contributed by atoms with E-state index in [-0.39, 0.29) is 0 Å². The molecule has 0 spiro atoms. The van der Waals surface area contributed by atoms with E-state index < -0.39 is 0 Å². The van der Waals surface area contributed by atoms with Crippen LogP contribution in [0.3, 0.4) is 0 Å². The quantitative estimate of drug-likeness (QED) is 0.589. The third kappa shape index (κ3) is 1.66. The first-order chi connectivity index (χ1) is 6.76. The highest BCUT2D eigenvalue weighted by molar-refractivity contribution is 9.10. The summed E-state index contributed by atoms with van der Waals surface area (Å²) in [4.78, 5) is 10.8. The van der Waals surface area contributed by atoms with Crippen LogP contribution in [-0.4, -0.2) is 6.29 Å². The number of carbonyl (C=O) groups excluding carboxylic acids is 1. The van der Waals surface area contributed by atoms with Gasteiger partial charge in [-0.15, -0.1) is 11.3 Å². The van der Waals surface area contributed by atoms with E-state index in [1.54, 1.807) is 11.3 Å². The summed E-state index contributed by atoms with van der Waals surface area (Å²) in [5, 5.41) is 4.06. The van der Waals surface area contributed by atoms with Gasteiger partial charge in [0.1, 0.15) is 0 Å². The Kier molecular flexibility index (Phi) is 3.04. The van der Waals surface area contributed by atoms with E-state index >= 15 is 0 Å². The first-order valence-corrected chi connectivity index (χ1v) is 6.76. The minimum atomic E-state index is 0.756. The van der Waals surface area contributed by atoms with Crippen LogP contribution in [0.25, 0.3) is 10.1 Å². The molecule has 2 rings (SSSR count). The molecule has 0 unspecified atom stereocenters. The second-order valence-electron chi connectivity index (χ2n) is 2.88. The lowest BCUT2D eigenvalue weighted by Gasteiger charge is -1.98. The standard InChI is InChI=1S/C10H6Br2OS/c11-3-7-5-14-10-6(4-13)1-8(12)2-9(7)10/h1-2,4-5H,3H2. The first-order valence-electron chi connectivity index (χ1n) is 3.97. The summed E-state index contributed by atoms with van der Waals surface area (Å²) >= 11 is 8.45. The molecule has 1 heterocycles. The summed E-state index contributed by atoms with van der Waals surface area (Å²) in [5.41, 5.74) is 1.99. The summed E-state index contributed by atoms with van der Waals surface area (Å²) in [7, 11) is 0. The molecule has 0 radical (unpaired) electrons. The van der Waals surface area contributed by atoms with Crippen LogP contribution in [-0.2, 0) is 5.33 Å². The van der Waals surface area contributed by atoms with E-state index in [0.29, 0.717) is 0 Å². The third-order valence-electron chi connectivity index (χ3n) is 2.02. The van der Waals surface area contributed by atoms with Gasteiger partial charge in [0.15, 0.2) is 6.29 Å². The molecule has 0 amide bonds. The van der Waals surface area contributed by atoms with Crippen LogP contribution >= 0.6 is 43.2 Å². The van der Waals surface area contributed by atoms with Crippen molar-refractivity contribution in [3.8, 4) is 0 Å². The third-order valence-corrected chi connectivity index (χ3v) is 4.17. The Bertz CT molecular complexity index is 490. The fourth-order valence-corrected chi connectivity index (χ4v) is 3.55. The van der Waals surface area contributed by atoms with Crippen molar-refractivity contribution in [2.45, 2.75) is 5.33 Å². The molecule has 0 saturated heterocycles. The van der Waals surface area contributed by atoms with Gasteiger partial charge < -0.3 is 0 Å². The highest BCUT2D eigenvalue weighted by atomic mass is 79.9. The zero-order valence-corrected chi connectivity index (χ0v) is 11.1. The molecule has 0 saturated carbocycles. The van der Waals surface area contributed by atoms with Gasteiger partial charge in [-0.1, -0.05) is 31.9 Å². The minimum absolute atomic E-state index is 0.756. The molecule has 0 N–H and O–H groups in total. The Balaban J connectivity index is 2.83. The summed E-state index contributed by atoms with van der Waals surface area (Å²) in [6, 6.07) is 3.90. The van der Waals surface area contributed by atoms with Crippen LogP contribution in [0.4, 0.5) is 0 Å². The van der Waals surface area contributed by atoms with E-state index in [0.717, 1.165) is 31.7 Å². The van der Waals surface area contributed by atoms with Gasteiger partial charge in [-0.3, -0.25) is 4.79 Å². The van der Waals surface area contributed by atoms with E-state index in [1.807, 2.05) is 6.07 Å². The molecule has 4 heteroatoms. The topological polar surface area (TPSA) is 17.1 Å². The second kappa shape index (κ2) is 4.13. The van der Waals surface area contributed by atoms with Crippen LogP contribution < -0.4 is 0 Å². The predicted molar refractivity (Wildman–Crippen MR) is 67.5 cm³/mol. The van der Waals surface area contributed by atoms with Gasteiger partial charge in [0.25, 0.3) is 0 Å². The zero-order chi connectivity index (χ0) is 10.1. The summed E-state index contributed by atoms with van der Waals surface area (Å²) in [6.45, 7) is 0. The summed E-state index contributed by atoms with van der Waals surface area (Å²) < 4.78 is 2.02. The van der Waals surface area contributed by atoms with Crippen molar-refractivity contribution >= 4 is 59.6 Å². The van der Waals surface area contributed by atoms with Gasteiger partial charge in [0.2, 0.25) is 0 Å². The van der Waals surface area contributed by atoms with E-state index in [4.69, 9.17) is 0 Å². The normalized spacial score (nSPS) is 10.7. The Labute approximate surface area is 102 Å². The molecular formula is C10H6Br2OS. The highest BCUT2D eigenvalue weighted by Crippen LogP contribution is 2.32. The molecule has 0 fully saturated rings. The van der Waals surface area contributed by atoms with Crippen LogP contribution in [0.5, 0.6) is 0 Å². The predicted octanol–water partition coefficient (Wildman–Crippen LogP) is 4.37. The molecule has 72 valence electrons. The number of hydrogen-bond donors (Lipinski definition) is 0. The SMILES string of the molecule is O=Cc1cc(Br)cc2c(CBr)csc12. The number of aldehydes is 1. The molecule has 2 aromatic rings. The number of hydrogen-bond acceptors (Lipinski definition) is 2. The van der Waals surface area contributed by atoms with Gasteiger partial charge in [0.05, 0.1) is 0 Å². The van der Waals surface area contributed by atoms with Gasteiger partial charge in [-0.2, -0.15) is 0 Å². The molecule has 1 nitrogen and oxygen atoms in total. The lowest BCUT2D eigenvalue weighted by molar-refractivity contribution is 0.112. The lowest BCUT2D eigenvalue weighted by Crippen LogP contribution is -1.81. The van der Waals surface area contributed by atoms with Gasteiger partial charge >= 0.3 is 0 Å². The molecule has 14 heavy (non-hydrogen) atoms. The highest BCUT2D eigenvalue weighted by Gasteiger charge is 2.08. The average molecular weight is 334 g/mol. The number of carbonyl (C=O) groups is 1. The van der Waals surface area contributed by atoms with Gasteiger partial charge in [0, 0.05) is 20.1 Å². The van der Waals surface area contributed by atoms with E-state index in [1.165, 1.54) is 5.56 Å². The molecular weight excluding hydrogens is 328 g/mol. The fraction of sp³-hybridized carbons (Fsp3) is 0.100. The van der Waals surface area contributed by atoms with Crippen molar-refractivity contribution in [1.82, 2.24) is 0 Å². The maximum absolute atomic E-state index is 10.8. The van der Waals surface area contributed by atoms with Crippen molar-refractivity contribution in [2.75, 3.05) is 0 Å². The van der Waals surface area contributed by atoms with Crippen molar-refractivity contribution in [1.29, 1.82) is 0 Å². The largest absolute Gasteiger partial charge is 0.298 e. The van der Waals surface area contributed by atoms with Crippen LogP contribution in [0.1, 0.15) is 15.9 Å². The molecule has 0 atom stereocenters. The monoisotopic (exact) mass is 332 g/mol. The molecule has 0 aliphatic carbocycles. The van der Waals surface area contributed by atoms with E-state index in [2.05, 4.69) is 43.3 Å². The number of benzene rings is 1. The lowest BCUT2D eigenvalue weighted by atomic mass is 10.1. The Morgan fingerprint density at radius 2 is 2.21 bits per heavy atom. The van der Waals surface area contributed by atoms with Gasteiger partial charge in [-0.05, 0) is 28.5 Å².